The van der Waals surface area contributed by atoms with E-state index in [-0.39, 0.29) is 37.9 Å². The van der Waals surface area contributed by atoms with Crippen LogP contribution in [0, 0.1) is 5.92 Å². The Balaban J connectivity index is 2.70. The zero-order chi connectivity index (χ0) is 15.3. The maximum Gasteiger partial charge on any atom is 0.328 e. The topological polar surface area (TPSA) is 116 Å². The molecule has 1 unspecified atom stereocenters. The van der Waals surface area contributed by atoms with Gasteiger partial charge in [0, 0.05) is 24.4 Å². The van der Waals surface area contributed by atoms with E-state index >= 15 is 0 Å². The molecule has 2 atom stereocenters. The summed E-state index contributed by atoms with van der Waals surface area (Å²) in [4.78, 5) is 27.2. The van der Waals surface area contributed by atoms with E-state index in [1.165, 1.54) is 4.90 Å². The second kappa shape index (κ2) is 6.58. The lowest BCUT2D eigenvalue weighted by atomic mass is 10.1. The summed E-state index contributed by atoms with van der Waals surface area (Å²) >= 11 is 0. The molecule has 8 heteroatoms. The molecule has 0 aliphatic carbocycles. The fourth-order valence-corrected chi connectivity index (χ4v) is 2.01. The molecule has 112 valence electrons. The molecule has 0 radical (unpaired) electrons. The molecule has 0 aromatic rings. The Labute approximate surface area is 117 Å². The summed E-state index contributed by atoms with van der Waals surface area (Å²) in [5, 5.41) is 12.7. The average Bonchev–Trinajstić information content (AvgIpc) is 2.66. The van der Waals surface area contributed by atoms with E-state index in [2.05, 4.69) is 10.0 Å². The molecule has 0 aromatic carbocycles. The number of aliphatic carboxylic acids is 1. The zero-order valence-electron chi connectivity index (χ0n) is 11.9. The van der Waals surface area contributed by atoms with Crippen LogP contribution in [0.5, 0.6) is 0 Å². The number of hydrogen-bond donors (Lipinski definition) is 1. The first-order valence-electron chi connectivity index (χ1n) is 6.41. The Kier molecular flexibility index (Phi) is 5.35. The van der Waals surface area contributed by atoms with Crippen molar-refractivity contribution in [1.29, 1.82) is 0 Å². The third-order valence-electron chi connectivity index (χ3n) is 2.98. The Hall–Kier alpha value is -1.79. The van der Waals surface area contributed by atoms with Crippen molar-refractivity contribution in [2.24, 2.45) is 11.0 Å². The third-order valence-corrected chi connectivity index (χ3v) is 2.98. The predicted octanol–water partition coefficient (Wildman–Crippen LogP) is 1.41. The van der Waals surface area contributed by atoms with Crippen LogP contribution < -0.4 is 0 Å². The van der Waals surface area contributed by atoms with Crippen LogP contribution in [0.25, 0.3) is 10.4 Å². The minimum Gasteiger partial charge on any atom is -0.480 e. The van der Waals surface area contributed by atoms with Crippen LogP contribution in [0.3, 0.4) is 0 Å². The summed E-state index contributed by atoms with van der Waals surface area (Å²) in [5.74, 6) is -1.46. The van der Waals surface area contributed by atoms with Crippen LogP contribution >= 0.6 is 0 Å². The number of amides is 1. The van der Waals surface area contributed by atoms with Crippen molar-refractivity contribution in [2.45, 2.75) is 38.8 Å². The Morgan fingerprint density at radius 3 is 2.80 bits per heavy atom. The summed E-state index contributed by atoms with van der Waals surface area (Å²) in [6, 6.07) is -1.00. The zero-order valence-corrected chi connectivity index (χ0v) is 11.9. The Bertz CT molecular complexity index is 426. The van der Waals surface area contributed by atoms with Gasteiger partial charge in [-0.3, -0.25) is 4.79 Å². The Morgan fingerprint density at radius 2 is 2.30 bits per heavy atom. The molecule has 1 N–H and O–H groups in total. The van der Waals surface area contributed by atoms with Gasteiger partial charge < -0.3 is 14.7 Å². The summed E-state index contributed by atoms with van der Waals surface area (Å²) in [7, 11) is 0. The van der Waals surface area contributed by atoms with E-state index < -0.39 is 17.6 Å². The first kappa shape index (κ1) is 16.3. The largest absolute Gasteiger partial charge is 0.480 e. The van der Waals surface area contributed by atoms with Crippen LogP contribution in [0.15, 0.2) is 5.11 Å². The van der Waals surface area contributed by atoms with E-state index in [0.717, 1.165) is 0 Å². The molecule has 1 saturated heterocycles. The smallest absolute Gasteiger partial charge is 0.328 e. The van der Waals surface area contributed by atoms with E-state index in [0.29, 0.717) is 0 Å². The normalized spacial score (nSPS) is 20.6. The second-order valence-corrected chi connectivity index (χ2v) is 5.81. The number of azide groups is 1. The van der Waals surface area contributed by atoms with Crippen molar-refractivity contribution in [3.05, 3.63) is 10.4 Å². The van der Waals surface area contributed by atoms with Crippen molar-refractivity contribution >= 4 is 11.9 Å². The standard InChI is InChI=1S/C12H20N4O4/c1-12(2,3)20-7-9(11(18)19)16-6-8(4-10(16)17)5-14-15-13/h8-9H,4-7H2,1-3H3,(H,18,19)/t8?,9-/m0/s1. The van der Waals surface area contributed by atoms with E-state index in [1.54, 1.807) is 0 Å². The number of nitrogens with zero attached hydrogens (tertiary/aromatic N) is 4. The number of hydrogen-bond acceptors (Lipinski definition) is 4. The lowest BCUT2D eigenvalue weighted by Gasteiger charge is -2.28. The molecule has 1 fully saturated rings. The lowest BCUT2D eigenvalue weighted by molar-refractivity contribution is -0.153. The van der Waals surface area contributed by atoms with Gasteiger partial charge >= 0.3 is 5.97 Å². The molecule has 1 rings (SSSR count). The van der Waals surface area contributed by atoms with Gasteiger partial charge in [-0.2, -0.15) is 0 Å². The quantitative estimate of drug-likeness (QED) is 0.451. The van der Waals surface area contributed by atoms with Gasteiger partial charge in [0.15, 0.2) is 6.04 Å². The van der Waals surface area contributed by atoms with Gasteiger partial charge in [0.25, 0.3) is 0 Å². The lowest BCUT2D eigenvalue weighted by Crippen LogP contribution is -2.46. The predicted molar refractivity (Wildman–Crippen MR) is 71.0 cm³/mol. The summed E-state index contributed by atoms with van der Waals surface area (Å²) in [5.41, 5.74) is 7.80. The molecule has 0 saturated carbocycles. The number of carbonyl (C=O) groups excluding carboxylic acids is 1. The van der Waals surface area contributed by atoms with Crippen LogP contribution in [0.4, 0.5) is 0 Å². The monoisotopic (exact) mass is 284 g/mol. The average molecular weight is 284 g/mol. The molecular formula is C12H20N4O4. The van der Waals surface area contributed by atoms with E-state index in [4.69, 9.17) is 10.3 Å². The number of ether oxygens (including phenoxy) is 1. The highest BCUT2D eigenvalue weighted by molar-refractivity contribution is 5.85. The van der Waals surface area contributed by atoms with Crippen molar-refractivity contribution in [3.8, 4) is 0 Å². The number of carbonyl (C=O) groups is 2. The summed E-state index contributed by atoms with van der Waals surface area (Å²) in [6.07, 6.45) is 0.207. The van der Waals surface area contributed by atoms with Gasteiger partial charge in [-0.25, -0.2) is 4.79 Å². The number of likely N-dealkylation sites (tertiary alicyclic amines) is 1. The molecule has 1 heterocycles. The highest BCUT2D eigenvalue weighted by Crippen LogP contribution is 2.22. The number of carboxylic acid groups (broad SMARTS) is 1. The minimum absolute atomic E-state index is 0.0567. The van der Waals surface area contributed by atoms with Gasteiger partial charge in [0.2, 0.25) is 5.91 Å². The molecule has 1 amide bonds. The maximum atomic E-state index is 11.9. The third kappa shape index (κ3) is 4.71. The van der Waals surface area contributed by atoms with Crippen molar-refractivity contribution in [3.63, 3.8) is 0 Å². The van der Waals surface area contributed by atoms with Crippen molar-refractivity contribution in [2.75, 3.05) is 19.7 Å². The van der Waals surface area contributed by atoms with Crippen molar-refractivity contribution in [1.82, 2.24) is 4.90 Å². The van der Waals surface area contributed by atoms with E-state index in [1.807, 2.05) is 20.8 Å². The van der Waals surface area contributed by atoms with E-state index in [9.17, 15) is 14.7 Å². The Morgan fingerprint density at radius 1 is 1.65 bits per heavy atom. The maximum absolute atomic E-state index is 11.9. The molecule has 0 spiro atoms. The van der Waals surface area contributed by atoms with Crippen LogP contribution in [0.1, 0.15) is 27.2 Å². The first-order chi connectivity index (χ1) is 9.24. The summed E-state index contributed by atoms with van der Waals surface area (Å²) < 4.78 is 5.47. The SMILES string of the molecule is CC(C)(C)OC[C@@H](C(=O)O)N1CC(CN=[N+]=[N-])CC1=O. The fraction of sp³-hybridized carbons (Fsp3) is 0.833. The highest BCUT2D eigenvalue weighted by Gasteiger charge is 2.38. The van der Waals surface area contributed by atoms with Gasteiger partial charge in [0.1, 0.15) is 0 Å². The van der Waals surface area contributed by atoms with Gasteiger partial charge in [-0.05, 0) is 32.2 Å². The number of carboxylic acids is 1. The fourth-order valence-electron chi connectivity index (χ4n) is 2.01. The second-order valence-electron chi connectivity index (χ2n) is 5.81. The molecule has 1 aliphatic heterocycles. The molecule has 0 bridgehead atoms. The molecule has 20 heavy (non-hydrogen) atoms. The van der Waals surface area contributed by atoms with Crippen LogP contribution in [-0.2, 0) is 14.3 Å². The first-order valence-corrected chi connectivity index (χ1v) is 6.41. The summed E-state index contributed by atoms with van der Waals surface area (Å²) in [6.45, 7) is 5.89. The van der Waals surface area contributed by atoms with Gasteiger partial charge in [-0.15, -0.1) is 0 Å². The van der Waals surface area contributed by atoms with Gasteiger partial charge in [-0.1, -0.05) is 5.11 Å². The van der Waals surface area contributed by atoms with Crippen LogP contribution in [0.2, 0.25) is 0 Å². The van der Waals surface area contributed by atoms with Crippen molar-refractivity contribution < 1.29 is 19.4 Å². The van der Waals surface area contributed by atoms with Crippen LogP contribution in [-0.4, -0.2) is 53.2 Å². The number of rotatable bonds is 6. The molecule has 1 aliphatic rings. The molecule has 0 aromatic heterocycles. The molecular weight excluding hydrogens is 264 g/mol. The van der Waals surface area contributed by atoms with Gasteiger partial charge in [0.05, 0.1) is 12.2 Å². The minimum atomic E-state index is -1.09. The highest BCUT2D eigenvalue weighted by atomic mass is 16.5. The molecule has 8 nitrogen and oxygen atoms in total.